The summed E-state index contributed by atoms with van der Waals surface area (Å²) in [5.74, 6) is 1.63. The van der Waals surface area contributed by atoms with Gasteiger partial charge in [0, 0.05) is 36.6 Å². The summed E-state index contributed by atoms with van der Waals surface area (Å²) in [5, 5.41) is 23.2. The van der Waals surface area contributed by atoms with Gasteiger partial charge in [0.2, 0.25) is 5.62 Å². The number of ether oxygens (including phenoxy) is 2. The van der Waals surface area contributed by atoms with Crippen LogP contribution in [0, 0.1) is 16.2 Å². The summed E-state index contributed by atoms with van der Waals surface area (Å²) in [5.41, 5.74) is 12.8. The first-order valence-corrected chi connectivity index (χ1v) is 11.4. The van der Waals surface area contributed by atoms with Crippen LogP contribution in [-0.2, 0) is 13.1 Å². The molecule has 0 saturated carbocycles. The standard InChI is InChI=1S/C25H33N7O2/c26-23(27)19-5-9-21(10-6-19)33-17-3-1-13-31-15-16-32(25(31)30)14-2-4-18-34-22-11-7-20(8-12-22)24(28)29/h5-12,15-16,30H,1-4,13-14,17-18H2,(H3,26,27)(H3,28,29). The van der Waals surface area contributed by atoms with E-state index >= 15 is 0 Å². The van der Waals surface area contributed by atoms with Crippen LogP contribution in [0.25, 0.3) is 0 Å². The van der Waals surface area contributed by atoms with E-state index in [-0.39, 0.29) is 11.7 Å². The number of hydrogen-bond donors (Lipinski definition) is 5. The van der Waals surface area contributed by atoms with Gasteiger partial charge in [-0.1, -0.05) is 0 Å². The molecule has 3 rings (SSSR count). The van der Waals surface area contributed by atoms with Gasteiger partial charge in [-0.15, -0.1) is 0 Å². The molecule has 0 spiro atoms. The van der Waals surface area contributed by atoms with Crippen molar-refractivity contribution in [2.75, 3.05) is 13.2 Å². The van der Waals surface area contributed by atoms with Gasteiger partial charge in [0.15, 0.2) is 0 Å². The molecule has 1 heterocycles. The maximum Gasteiger partial charge on any atom is 0.202 e. The minimum atomic E-state index is 0.0485. The first-order chi connectivity index (χ1) is 16.4. The molecule has 0 unspecified atom stereocenters. The SMILES string of the molecule is N=C(N)c1ccc(OCCCCn2ccn(CCCCOc3ccc(C(=N)N)cc3)c2=N)cc1. The Morgan fingerprint density at radius 1 is 0.647 bits per heavy atom. The minimum Gasteiger partial charge on any atom is -0.494 e. The van der Waals surface area contributed by atoms with E-state index in [4.69, 9.17) is 37.2 Å². The predicted octanol–water partition coefficient (Wildman–Crippen LogP) is 3.06. The number of nitrogen functional groups attached to an aromatic ring is 2. The van der Waals surface area contributed by atoms with Crippen LogP contribution >= 0.6 is 0 Å². The average molecular weight is 464 g/mol. The van der Waals surface area contributed by atoms with Crippen LogP contribution < -0.4 is 26.6 Å². The number of imidazole rings is 1. The Labute approximate surface area is 199 Å². The van der Waals surface area contributed by atoms with Crippen molar-refractivity contribution in [2.24, 2.45) is 11.5 Å². The van der Waals surface area contributed by atoms with Gasteiger partial charge < -0.3 is 30.1 Å². The lowest BCUT2D eigenvalue weighted by atomic mass is 10.2. The van der Waals surface area contributed by atoms with Crippen molar-refractivity contribution in [1.82, 2.24) is 9.13 Å². The molecular formula is C25H33N7O2. The number of amidine groups is 2. The van der Waals surface area contributed by atoms with Crippen molar-refractivity contribution in [3.05, 3.63) is 77.7 Å². The number of hydrogen-bond acceptors (Lipinski definition) is 5. The molecule has 1 aromatic heterocycles. The van der Waals surface area contributed by atoms with E-state index in [1.165, 1.54) is 0 Å². The molecule has 0 fully saturated rings. The third-order valence-corrected chi connectivity index (χ3v) is 5.43. The van der Waals surface area contributed by atoms with Crippen LogP contribution in [0.4, 0.5) is 0 Å². The first-order valence-electron chi connectivity index (χ1n) is 11.4. The summed E-state index contributed by atoms with van der Waals surface area (Å²) in [4.78, 5) is 0. The molecule has 34 heavy (non-hydrogen) atoms. The molecule has 0 atom stereocenters. The zero-order valence-electron chi connectivity index (χ0n) is 19.3. The highest BCUT2D eigenvalue weighted by atomic mass is 16.5. The van der Waals surface area contributed by atoms with Gasteiger partial charge in [0.05, 0.1) is 13.2 Å². The third kappa shape index (κ3) is 7.26. The summed E-state index contributed by atoms with van der Waals surface area (Å²) in [6.07, 6.45) is 7.52. The van der Waals surface area contributed by atoms with Gasteiger partial charge in [0.1, 0.15) is 23.2 Å². The molecule has 0 aliphatic rings. The summed E-state index contributed by atoms with van der Waals surface area (Å²) >= 11 is 0. The molecule has 9 heteroatoms. The number of nitrogens with one attached hydrogen (secondary N) is 3. The second kappa shape index (κ2) is 12.3. The number of aryl methyl sites for hydroxylation is 2. The summed E-state index contributed by atoms with van der Waals surface area (Å²) < 4.78 is 15.4. The van der Waals surface area contributed by atoms with Crippen molar-refractivity contribution in [1.29, 1.82) is 16.2 Å². The summed E-state index contributed by atoms with van der Waals surface area (Å²) in [7, 11) is 0. The molecule has 0 radical (unpaired) electrons. The Kier molecular flexibility index (Phi) is 8.90. The van der Waals surface area contributed by atoms with Crippen LogP contribution in [0.1, 0.15) is 36.8 Å². The van der Waals surface area contributed by atoms with Crippen LogP contribution in [0.3, 0.4) is 0 Å². The molecule has 0 bridgehead atoms. The highest BCUT2D eigenvalue weighted by molar-refractivity contribution is 5.95. The molecule has 0 saturated heterocycles. The lowest BCUT2D eigenvalue weighted by molar-refractivity contribution is 0.301. The van der Waals surface area contributed by atoms with Crippen LogP contribution in [0.15, 0.2) is 60.9 Å². The monoisotopic (exact) mass is 463 g/mol. The molecule has 0 aliphatic carbocycles. The van der Waals surface area contributed by atoms with Gasteiger partial charge in [-0.05, 0) is 74.2 Å². The molecule has 2 aromatic carbocycles. The number of nitrogens with two attached hydrogens (primary N) is 2. The highest BCUT2D eigenvalue weighted by Crippen LogP contribution is 2.13. The van der Waals surface area contributed by atoms with Crippen molar-refractivity contribution < 1.29 is 9.47 Å². The number of benzene rings is 2. The fourth-order valence-electron chi connectivity index (χ4n) is 3.44. The lowest BCUT2D eigenvalue weighted by Crippen LogP contribution is -2.24. The number of aromatic nitrogens is 2. The van der Waals surface area contributed by atoms with Crippen LogP contribution in [0.5, 0.6) is 11.5 Å². The number of unbranched alkanes of at least 4 members (excludes halogenated alkanes) is 2. The maximum absolute atomic E-state index is 8.37. The quantitative estimate of drug-likeness (QED) is 0.142. The van der Waals surface area contributed by atoms with Gasteiger partial charge >= 0.3 is 0 Å². The minimum absolute atomic E-state index is 0.0485. The van der Waals surface area contributed by atoms with E-state index in [2.05, 4.69) is 0 Å². The normalized spacial score (nSPS) is 10.7. The van der Waals surface area contributed by atoms with Crippen LogP contribution in [-0.4, -0.2) is 34.0 Å². The molecule has 180 valence electrons. The molecular weight excluding hydrogens is 430 g/mol. The largest absolute Gasteiger partial charge is 0.494 e. The van der Waals surface area contributed by atoms with Crippen molar-refractivity contribution in [3.8, 4) is 11.5 Å². The van der Waals surface area contributed by atoms with Gasteiger partial charge in [-0.2, -0.15) is 0 Å². The summed E-state index contributed by atoms with van der Waals surface area (Å²) in [6.45, 7) is 2.76. The lowest BCUT2D eigenvalue weighted by Gasteiger charge is -2.08. The first kappa shape index (κ1) is 24.6. The van der Waals surface area contributed by atoms with E-state index < -0.39 is 0 Å². The fourth-order valence-corrected chi connectivity index (χ4v) is 3.44. The second-order valence-corrected chi connectivity index (χ2v) is 8.00. The van der Waals surface area contributed by atoms with Crippen molar-refractivity contribution >= 4 is 11.7 Å². The average Bonchev–Trinajstić information content (AvgIpc) is 3.18. The molecule has 9 nitrogen and oxygen atoms in total. The fraction of sp³-hybridized carbons (Fsp3) is 0.320. The smallest absolute Gasteiger partial charge is 0.202 e. The Morgan fingerprint density at radius 2 is 1.03 bits per heavy atom. The van der Waals surface area contributed by atoms with Gasteiger partial charge in [0.25, 0.3) is 0 Å². The second-order valence-electron chi connectivity index (χ2n) is 8.00. The Bertz CT molecular complexity index is 1040. The highest BCUT2D eigenvalue weighted by Gasteiger charge is 2.02. The maximum atomic E-state index is 8.37. The van der Waals surface area contributed by atoms with E-state index in [0.29, 0.717) is 30.0 Å². The third-order valence-electron chi connectivity index (χ3n) is 5.43. The van der Waals surface area contributed by atoms with Crippen molar-refractivity contribution in [3.63, 3.8) is 0 Å². The van der Waals surface area contributed by atoms with E-state index in [0.717, 1.165) is 50.3 Å². The molecule has 3 aromatic rings. The summed E-state index contributed by atoms with van der Waals surface area (Å²) in [6, 6.07) is 14.4. The Morgan fingerprint density at radius 3 is 1.38 bits per heavy atom. The molecule has 7 N–H and O–H groups in total. The molecule has 0 amide bonds. The van der Waals surface area contributed by atoms with E-state index in [9.17, 15) is 0 Å². The van der Waals surface area contributed by atoms with Crippen LogP contribution in [0.2, 0.25) is 0 Å². The Hall–Kier alpha value is -4.01. The zero-order chi connectivity index (χ0) is 24.3. The van der Waals surface area contributed by atoms with E-state index in [1.807, 2.05) is 45.8 Å². The van der Waals surface area contributed by atoms with Gasteiger partial charge in [-0.25, -0.2) is 0 Å². The number of rotatable bonds is 14. The van der Waals surface area contributed by atoms with Crippen molar-refractivity contribution in [2.45, 2.75) is 38.8 Å². The Balaban J connectivity index is 1.30. The molecule has 0 aliphatic heterocycles. The zero-order valence-corrected chi connectivity index (χ0v) is 19.3. The predicted molar refractivity (Wildman–Crippen MR) is 133 cm³/mol. The van der Waals surface area contributed by atoms with E-state index in [1.54, 1.807) is 24.3 Å². The number of nitrogens with zero attached hydrogens (tertiary/aromatic N) is 2. The van der Waals surface area contributed by atoms with Gasteiger partial charge in [-0.3, -0.25) is 16.2 Å². The topological polar surface area (TPSA) is 152 Å².